The molecule has 0 aromatic rings. The number of rotatable bonds is 5. The third-order valence-electron chi connectivity index (χ3n) is 4.85. The summed E-state index contributed by atoms with van der Waals surface area (Å²) < 4.78 is 6.08. The zero-order chi connectivity index (χ0) is 13.7. The van der Waals surface area contributed by atoms with Gasteiger partial charge in [0.2, 0.25) is 0 Å². The molecule has 2 unspecified atom stereocenters. The van der Waals surface area contributed by atoms with Crippen LogP contribution in [0.1, 0.15) is 58.8 Å². The van der Waals surface area contributed by atoms with Crippen molar-refractivity contribution in [2.75, 3.05) is 19.7 Å². The van der Waals surface area contributed by atoms with Gasteiger partial charge in [0.1, 0.15) is 5.78 Å². The SMILES string of the molecule is CCNCC(C)C(=O)C1CCOC2(CCCCC2)C1. The van der Waals surface area contributed by atoms with Gasteiger partial charge in [0.05, 0.1) is 5.60 Å². The highest BCUT2D eigenvalue weighted by molar-refractivity contribution is 5.83. The van der Waals surface area contributed by atoms with E-state index in [1.165, 1.54) is 32.1 Å². The second-order valence-electron chi connectivity index (χ2n) is 6.39. The van der Waals surface area contributed by atoms with Crippen LogP contribution in [0.3, 0.4) is 0 Å². The van der Waals surface area contributed by atoms with E-state index in [0.29, 0.717) is 5.78 Å². The third kappa shape index (κ3) is 3.79. The van der Waals surface area contributed by atoms with E-state index in [0.717, 1.165) is 32.5 Å². The van der Waals surface area contributed by atoms with Crippen LogP contribution in [0.4, 0.5) is 0 Å². The number of Topliss-reactive ketones (excluding diaryl/α,β-unsaturated/α-hetero) is 1. The van der Waals surface area contributed by atoms with Gasteiger partial charge in [-0.05, 0) is 32.2 Å². The Balaban J connectivity index is 1.91. The first-order chi connectivity index (χ1) is 9.17. The molecule has 2 aliphatic rings. The van der Waals surface area contributed by atoms with Crippen LogP contribution in [0.5, 0.6) is 0 Å². The minimum atomic E-state index is 0.0503. The van der Waals surface area contributed by atoms with E-state index in [1.807, 2.05) is 0 Å². The Morgan fingerprint density at radius 3 is 2.79 bits per heavy atom. The van der Waals surface area contributed by atoms with E-state index in [1.54, 1.807) is 0 Å². The summed E-state index contributed by atoms with van der Waals surface area (Å²) in [5.41, 5.74) is 0.0503. The standard InChI is InChI=1S/C16H29NO2/c1-3-17-12-13(2)15(18)14-7-10-19-16(11-14)8-5-4-6-9-16/h13-14,17H,3-12H2,1-2H3. The van der Waals surface area contributed by atoms with Crippen molar-refractivity contribution in [1.82, 2.24) is 5.32 Å². The molecule has 110 valence electrons. The predicted octanol–water partition coefficient (Wildman–Crippen LogP) is 2.93. The minimum absolute atomic E-state index is 0.0503. The Kier molecular flexibility index (Phi) is 5.40. The van der Waals surface area contributed by atoms with Crippen molar-refractivity contribution in [3.8, 4) is 0 Å². The molecule has 3 nitrogen and oxygen atoms in total. The number of hydrogen-bond donors (Lipinski definition) is 1. The Morgan fingerprint density at radius 2 is 2.11 bits per heavy atom. The molecule has 2 fully saturated rings. The zero-order valence-electron chi connectivity index (χ0n) is 12.5. The van der Waals surface area contributed by atoms with Gasteiger partial charge in [-0.2, -0.15) is 0 Å². The normalized spacial score (nSPS) is 28.2. The van der Waals surface area contributed by atoms with Crippen molar-refractivity contribution >= 4 is 5.78 Å². The number of nitrogens with one attached hydrogen (secondary N) is 1. The van der Waals surface area contributed by atoms with Crippen LogP contribution in [0, 0.1) is 11.8 Å². The second kappa shape index (κ2) is 6.85. The van der Waals surface area contributed by atoms with Gasteiger partial charge in [-0.1, -0.05) is 33.1 Å². The lowest BCUT2D eigenvalue weighted by molar-refractivity contribution is -0.145. The largest absolute Gasteiger partial charge is 0.375 e. The van der Waals surface area contributed by atoms with Crippen molar-refractivity contribution in [2.24, 2.45) is 11.8 Å². The highest BCUT2D eigenvalue weighted by Gasteiger charge is 2.41. The maximum atomic E-state index is 12.5. The zero-order valence-corrected chi connectivity index (χ0v) is 12.5. The van der Waals surface area contributed by atoms with E-state index in [-0.39, 0.29) is 17.4 Å². The van der Waals surface area contributed by atoms with Gasteiger partial charge in [0.25, 0.3) is 0 Å². The number of carbonyl (C=O) groups excluding carboxylic acids is 1. The molecule has 0 amide bonds. The first-order valence-corrected chi connectivity index (χ1v) is 8.05. The highest BCUT2D eigenvalue weighted by Crippen LogP contribution is 2.41. The molecule has 0 aromatic carbocycles. The van der Waals surface area contributed by atoms with Crippen LogP contribution in [-0.2, 0) is 9.53 Å². The van der Waals surface area contributed by atoms with E-state index in [9.17, 15) is 4.79 Å². The molecule has 3 heteroatoms. The maximum absolute atomic E-state index is 12.5. The number of ether oxygens (including phenoxy) is 1. The fourth-order valence-electron chi connectivity index (χ4n) is 3.68. The first-order valence-electron chi connectivity index (χ1n) is 8.05. The van der Waals surface area contributed by atoms with Crippen LogP contribution in [0.2, 0.25) is 0 Å². The Hall–Kier alpha value is -0.410. The first kappa shape index (κ1) is 15.0. The van der Waals surface area contributed by atoms with Gasteiger partial charge < -0.3 is 10.1 Å². The summed E-state index contributed by atoms with van der Waals surface area (Å²) >= 11 is 0. The Labute approximate surface area is 117 Å². The molecular weight excluding hydrogens is 238 g/mol. The maximum Gasteiger partial charge on any atom is 0.140 e. The van der Waals surface area contributed by atoms with Crippen LogP contribution in [-0.4, -0.2) is 31.1 Å². The molecule has 1 heterocycles. The molecule has 1 saturated heterocycles. The molecule has 1 aliphatic heterocycles. The van der Waals surface area contributed by atoms with E-state index in [2.05, 4.69) is 19.2 Å². The summed E-state index contributed by atoms with van der Waals surface area (Å²) in [6, 6.07) is 0. The fourth-order valence-corrected chi connectivity index (χ4v) is 3.68. The number of ketones is 1. The monoisotopic (exact) mass is 267 g/mol. The van der Waals surface area contributed by atoms with Gasteiger partial charge in [0.15, 0.2) is 0 Å². The van der Waals surface area contributed by atoms with Crippen molar-refractivity contribution in [1.29, 1.82) is 0 Å². The third-order valence-corrected chi connectivity index (χ3v) is 4.85. The van der Waals surface area contributed by atoms with Gasteiger partial charge in [-0.25, -0.2) is 0 Å². The lowest BCUT2D eigenvalue weighted by Crippen LogP contribution is -2.45. The molecule has 2 rings (SSSR count). The van der Waals surface area contributed by atoms with Crippen molar-refractivity contribution in [3.05, 3.63) is 0 Å². The summed E-state index contributed by atoms with van der Waals surface area (Å²) in [4.78, 5) is 12.5. The van der Waals surface area contributed by atoms with Crippen molar-refractivity contribution < 1.29 is 9.53 Å². The molecule has 1 saturated carbocycles. The van der Waals surface area contributed by atoms with Gasteiger partial charge >= 0.3 is 0 Å². The van der Waals surface area contributed by atoms with E-state index in [4.69, 9.17) is 4.74 Å². The summed E-state index contributed by atoms with van der Waals surface area (Å²) in [5, 5.41) is 3.29. The smallest absolute Gasteiger partial charge is 0.140 e. The molecular formula is C16H29NO2. The lowest BCUT2D eigenvalue weighted by atomic mass is 9.73. The Morgan fingerprint density at radius 1 is 1.37 bits per heavy atom. The van der Waals surface area contributed by atoms with Crippen molar-refractivity contribution in [2.45, 2.75) is 64.4 Å². The average Bonchev–Trinajstić information content (AvgIpc) is 2.45. The predicted molar refractivity (Wildman–Crippen MR) is 77.2 cm³/mol. The van der Waals surface area contributed by atoms with Crippen molar-refractivity contribution in [3.63, 3.8) is 0 Å². The summed E-state index contributed by atoms with van der Waals surface area (Å²) in [6.07, 6.45) is 8.11. The highest BCUT2D eigenvalue weighted by atomic mass is 16.5. The number of carbonyl (C=O) groups is 1. The summed E-state index contributed by atoms with van der Waals surface area (Å²) in [5.74, 6) is 0.832. The van der Waals surface area contributed by atoms with E-state index < -0.39 is 0 Å². The molecule has 1 aliphatic carbocycles. The molecule has 0 bridgehead atoms. The summed E-state index contributed by atoms with van der Waals surface area (Å²) in [7, 11) is 0. The quantitative estimate of drug-likeness (QED) is 0.832. The minimum Gasteiger partial charge on any atom is -0.375 e. The van der Waals surface area contributed by atoms with Gasteiger partial charge in [0, 0.05) is 25.0 Å². The van der Waals surface area contributed by atoms with Crippen LogP contribution < -0.4 is 5.32 Å². The molecule has 19 heavy (non-hydrogen) atoms. The molecule has 1 N–H and O–H groups in total. The lowest BCUT2D eigenvalue weighted by Gasteiger charge is -2.43. The fraction of sp³-hybridized carbons (Fsp3) is 0.938. The molecule has 0 radical (unpaired) electrons. The molecule has 2 atom stereocenters. The summed E-state index contributed by atoms with van der Waals surface area (Å²) in [6.45, 7) is 6.69. The molecule has 1 spiro atoms. The Bertz CT molecular complexity index is 292. The van der Waals surface area contributed by atoms with Crippen LogP contribution in [0.25, 0.3) is 0 Å². The average molecular weight is 267 g/mol. The topological polar surface area (TPSA) is 38.3 Å². The second-order valence-corrected chi connectivity index (χ2v) is 6.39. The van der Waals surface area contributed by atoms with Crippen LogP contribution >= 0.6 is 0 Å². The number of hydrogen-bond acceptors (Lipinski definition) is 3. The van der Waals surface area contributed by atoms with Gasteiger partial charge in [-0.3, -0.25) is 4.79 Å². The van der Waals surface area contributed by atoms with E-state index >= 15 is 0 Å². The van der Waals surface area contributed by atoms with Gasteiger partial charge in [-0.15, -0.1) is 0 Å². The van der Waals surface area contributed by atoms with Crippen LogP contribution in [0.15, 0.2) is 0 Å². The molecule has 0 aromatic heterocycles.